The lowest BCUT2D eigenvalue weighted by Gasteiger charge is -2.19. The molecule has 37 heavy (non-hydrogen) atoms. The summed E-state index contributed by atoms with van der Waals surface area (Å²) >= 11 is 0. The minimum atomic E-state index is -1.16. The molecule has 3 unspecified atom stereocenters. The molecule has 0 radical (unpaired) electrons. The average molecular weight is 506 g/mol. The second-order valence-corrected chi connectivity index (χ2v) is 8.81. The monoisotopic (exact) mass is 505 g/mol. The Balaban J connectivity index is 1.28. The van der Waals surface area contributed by atoms with Gasteiger partial charge < -0.3 is 25.9 Å². The molecule has 0 aliphatic carbocycles. The second-order valence-electron chi connectivity index (χ2n) is 8.81. The summed E-state index contributed by atoms with van der Waals surface area (Å²) in [5.74, 6) is -1.97. The summed E-state index contributed by atoms with van der Waals surface area (Å²) in [6.07, 6.45) is 0.0729. The lowest BCUT2D eigenvalue weighted by atomic mass is 9.99. The van der Waals surface area contributed by atoms with Crippen molar-refractivity contribution in [3.63, 3.8) is 0 Å². The molecule has 3 atom stereocenters. The van der Waals surface area contributed by atoms with Crippen LogP contribution in [0.1, 0.15) is 47.2 Å². The van der Waals surface area contributed by atoms with Crippen molar-refractivity contribution in [2.75, 3.05) is 12.4 Å². The third-order valence-electron chi connectivity index (χ3n) is 6.25. The van der Waals surface area contributed by atoms with Gasteiger partial charge in [-0.25, -0.2) is 4.79 Å². The minimum Gasteiger partial charge on any atom is -0.467 e. The molecule has 2 heterocycles. The van der Waals surface area contributed by atoms with E-state index in [1.165, 1.54) is 7.11 Å². The van der Waals surface area contributed by atoms with Crippen LogP contribution in [0.3, 0.4) is 0 Å². The van der Waals surface area contributed by atoms with Crippen LogP contribution in [0.5, 0.6) is 0 Å². The molecule has 4 rings (SSSR count). The quantitative estimate of drug-likeness (QED) is 0.163. The zero-order valence-electron chi connectivity index (χ0n) is 20.2. The lowest BCUT2D eigenvalue weighted by Crippen LogP contribution is -2.49. The van der Waals surface area contributed by atoms with Gasteiger partial charge in [-0.3, -0.25) is 19.8 Å². The number of ether oxygens (including phenoxy) is 1. The Morgan fingerprint density at radius 2 is 1.95 bits per heavy atom. The highest BCUT2D eigenvalue weighted by atomic mass is 16.6. The normalized spacial score (nSPS) is 18.6. The number of ketones is 2. The van der Waals surface area contributed by atoms with Crippen LogP contribution >= 0.6 is 0 Å². The maximum absolute atomic E-state index is 12.8. The number of nitrogen functional groups attached to an aromatic ring is 1. The van der Waals surface area contributed by atoms with E-state index >= 15 is 0 Å². The summed E-state index contributed by atoms with van der Waals surface area (Å²) in [5.41, 5.74) is 8.51. The number of hydrogen-bond donors (Lipinski definition) is 4. The number of nitrogens with one attached hydrogen (secondary N) is 3. The van der Waals surface area contributed by atoms with Crippen molar-refractivity contribution in [1.82, 2.24) is 5.32 Å². The third-order valence-corrected chi connectivity index (χ3v) is 6.25. The van der Waals surface area contributed by atoms with Crippen LogP contribution in [0.15, 0.2) is 53.7 Å². The Kier molecular flexibility index (Phi) is 7.61. The summed E-state index contributed by atoms with van der Waals surface area (Å²) in [5, 5.41) is 16.9. The summed E-state index contributed by atoms with van der Waals surface area (Å²) in [7, 11) is 1.19. The predicted octanol–water partition coefficient (Wildman–Crippen LogP) is 1.54. The minimum absolute atomic E-state index is 0.00514. The number of fused-ring (bicyclic) bond motifs is 1. The zero-order chi connectivity index (χ0) is 26.5. The highest BCUT2D eigenvalue weighted by molar-refractivity contribution is 6.21. The Labute approximate surface area is 212 Å². The van der Waals surface area contributed by atoms with Crippen LogP contribution in [0.4, 0.5) is 5.69 Å². The molecule has 1 amide bonds. The van der Waals surface area contributed by atoms with E-state index < -0.39 is 35.8 Å². The number of nitrogens with zero attached hydrogens (tertiary/aromatic N) is 1. The van der Waals surface area contributed by atoms with Crippen molar-refractivity contribution in [2.24, 2.45) is 10.9 Å². The molecule has 0 spiro atoms. The number of Topliss-reactive ketones (excluding diaryl/α,β-unsaturated/α-hetero) is 2. The van der Waals surface area contributed by atoms with Gasteiger partial charge in [-0.1, -0.05) is 41.6 Å². The van der Waals surface area contributed by atoms with Gasteiger partial charge in [0.1, 0.15) is 23.8 Å². The number of anilines is 1. The summed E-state index contributed by atoms with van der Waals surface area (Å²) in [6.45, 7) is 0. The van der Waals surface area contributed by atoms with Gasteiger partial charge in [0.05, 0.1) is 12.8 Å². The Morgan fingerprint density at radius 3 is 2.62 bits per heavy atom. The molecular weight excluding hydrogens is 478 g/mol. The number of nitrogens with two attached hydrogens (primary N) is 1. The van der Waals surface area contributed by atoms with Crippen molar-refractivity contribution >= 4 is 40.7 Å². The Bertz CT molecular complexity index is 1270. The van der Waals surface area contributed by atoms with E-state index in [1.807, 2.05) is 0 Å². The molecule has 2 aromatic rings. The fourth-order valence-corrected chi connectivity index (χ4v) is 4.24. The van der Waals surface area contributed by atoms with Crippen molar-refractivity contribution in [3.8, 4) is 0 Å². The van der Waals surface area contributed by atoms with Crippen molar-refractivity contribution in [3.05, 3.63) is 65.2 Å². The van der Waals surface area contributed by atoms with E-state index in [1.54, 1.807) is 48.5 Å². The number of esters is 1. The molecule has 11 nitrogen and oxygen atoms in total. The van der Waals surface area contributed by atoms with Gasteiger partial charge in [0.15, 0.2) is 11.8 Å². The maximum atomic E-state index is 12.8. The van der Waals surface area contributed by atoms with Gasteiger partial charge in [0, 0.05) is 36.1 Å². The highest BCUT2D eigenvalue weighted by Crippen LogP contribution is 2.25. The van der Waals surface area contributed by atoms with E-state index in [-0.39, 0.29) is 30.9 Å². The molecule has 0 saturated heterocycles. The smallest absolute Gasteiger partial charge is 0.328 e. The number of oxime groups is 1. The van der Waals surface area contributed by atoms with Crippen LogP contribution in [-0.2, 0) is 24.0 Å². The third kappa shape index (κ3) is 5.83. The topological polar surface area (TPSA) is 173 Å². The molecular formula is C26H27N5O6. The van der Waals surface area contributed by atoms with E-state index in [4.69, 9.17) is 20.7 Å². The zero-order valence-corrected chi connectivity index (χ0v) is 20.2. The SMILES string of the molecule is COC(=O)C(CCC(=O)CC1CC(c2ccc(C(=N)N)cc2)=NO1)NC(=O)C1Nc2ccccc2C1=O. The van der Waals surface area contributed by atoms with E-state index in [9.17, 15) is 19.2 Å². The van der Waals surface area contributed by atoms with Gasteiger partial charge in [0.2, 0.25) is 0 Å². The fraction of sp³-hybridized carbons (Fsp3) is 0.308. The van der Waals surface area contributed by atoms with Crippen LogP contribution in [0.2, 0.25) is 0 Å². The number of para-hydroxylation sites is 1. The van der Waals surface area contributed by atoms with Gasteiger partial charge in [-0.05, 0) is 24.1 Å². The van der Waals surface area contributed by atoms with Gasteiger partial charge in [-0.2, -0.15) is 0 Å². The number of methoxy groups -OCH3 is 1. The first-order chi connectivity index (χ1) is 17.8. The lowest BCUT2D eigenvalue weighted by molar-refractivity contribution is -0.145. The number of amides is 1. The van der Waals surface area contributed by atoms with Crippen LogP contribution in [0, 0.1) is 5.41 Å². The first-order valence-electron chi connectivity index (χ1n) is 11.7. The summed E-state index contributed by atoms with van der Waals surface area (Å²) in [4.78, 5) is 55.6. The van der Waals surface area contributed by atoms with E-state index in [0.717, 1.165) is 5.56 Å². The molecule has 192 valence electrons. The van der Waals surface area contributed by atoms with Crippen molar-refractivity contribution in [1.29, 1.82) is 5.41 Å². The number of hydrogen-bond acceptors (Lipinski definition) is 9. The average Bonchev–Trinajstić information content (AvgIpc) is 3.50. The molecule has 2 aromatic carbocycles. The number of benzene rings is 2. The highest BCUT2D eigenvalue weighted by Gasteiger charge is 2.37. The van der Waals surface area contributed by atoms with E-state index in [2.05, 4.69) is 15.8 Å². The molecule has 5 N–H and O–H groups in total. The maximum Gasteiger partial charge on any atom is 0.328 e. The molecule has 0 fully saturated rings. The van der Waals surface area contributed by atoms with Gasteiger partial charge in [0.25, 0.3) is 5.91 Å². The van der Waals surface area contributed by atoms with Crippen LogP contribution in [0.25, 0.3) is 0 Å². The Hall–Kier alpha value is -4.54. The Morgan fingerprint density at radius 1 is 1.22 bits per heavy atom. The molecule has 0 aromatic heterocycles. The largest absolute Gasteiger partial charge is 0.467 e. The molecule has 0 bridgehead atoms. The molecule has 2 aliphatic rings. The van der Waals surface area contributed by atoms with Crippen LogP contribution in [-0.4, -0.2) is 60.3 Å². The van der Waals surface area contributed by atoms with Crippen molar-refractivity contribution < 1.29 is 28.8 Å². The number of amidine groups is 1. The van der Waals surface area contributed by atoms with Gasteiger partial charge in [-0.15, -0.1) is 0 Å². The predicted molar refractivity (Wildman–Crippen MR) is 134 cm³/mol. The van der Waals surface area contributed by atoms with Crippen molar-refractivity contribution in [2.45, 2.75) is 43.9 Å². The fourth-order valence-electron chi connectivity index (χ4n) is 4.24. The van der Waals surface area contributed by atoms with Crippen LogP contribution < -0.4 is 16.4 Å². The van der Waals surface area contributed by atoms with E-state index in [0.29, 0.717) is 28.9 Å². The standard InChI is InChI=1S/C26H27N5O6/c1-36-26(35)20(30-25(34)22-23(33)18-4-2-3-5-19(18)29-22)11-10-16(32)12-17-13-21(31-37-17)14-6-8-15(9-7-14)24(27)28/h2-9,17,20,22,29H,10-13H2,1H3,(H3,27,28)(H,30,34). The van der Waals surface area contributed by atoms with Gasteiger partial charge >= 0.3 is 5.97 Å². The molecule has 2 aliphatic heterocycles. The first kappa shape index (κ1) is 25.5. The molecule has 0 saturated carbocycles. The number of carbonyl (C=O) groups excluding carboxylic acids is 4. The molecule has 11 heteroatoms. The number of rotatable bonds is 10. The second kappa shape index (κ2) is 11.0. The summed E-state index contributed by atoms with van der Waals surface area (Å²) in [6, 6.07) is 11.5. The summed E-state index contributed by atoms with van der Waals surface area (Å²) < 4.78 is 4.78. The first-order valence-corrected chi connectivity index (χ1v) is 11.7. The number of carbonyl (C=O) groups is 4.